The fourth-order valence-corrected chi connectivity index (χ4v) is 2.73. The first-order valence-corrected chi connectivity index (χ1v) is 8.47. The van der Waals surface area contributed by atoms with Crippen LogP contribution in [0.5, 0.6) is 0 Å². The van der Waals surface area contributed by atoms with E-state index >= 15 is 0 Å². The maximum absolute atomic E-state index is 6.01. The number of aromatic nitrogens is 7. The van der Waals surface area contributed by atoms with Gasteiger partial charge >= 0.3 is 0 Å². The van der Waals surface area contributed by atoms with Gasteiger partial charge in [0.2, 0.25) is 5.95 Å². The highest BCUT2D eigenvalue weighted by molar-refractivity contribution is 6.30. The standard InChI is InChI=1S/C17H15ClN8/c1-3-14-22-17-24-23-15(10(2)26(17)25-14)13-7-8-19-16(21-13)20-12-6-4-5-11(18)9-12/h4-9H,3H2,1-2H3,(H,19,20,21). The van der Waals surface area contributed by atoms with Crippen LogP contribution in [-0.2, 0) is 6.42 Å². The first-order chi connectivity index (χ1) is 12.6. The number of hydrogen-bond acceptors (Lipinski definition) is 7. The zero-order valence-corrected chi connectivity index (χ0v) is 14.9. The minimum atomic E-state index is 0.443. The number of anilines is 2. The molecule has 0 unspecified atom stereocenters. The normalized spacial score (nSPS) is 11.0. The van der Waals surface area contributed by atoms with E-state index in [9.17, 15) is 0 Å². The molecule has 0 saturated heterocycles. The Kier molecular flexibility index (Phi) is 4.18. The molecular formula is C17H15ClN8. The summed E-state index contributed by atoms with van der Waals surface area (Å²) < 4.78 is 1.69. The fraction of sp³-hybridized carbons (Fsp3) is 0.176. The summed E-state index contributed by atoms with van der Waals surface area (Å²) >= 11 is 6.01. The maximum Gasteiger partial charge on any atom is 0.272 e. The molecule has 0 fully saturated rings. The SMILES string of the molecule is CCc1nc2nnc(-c3ccnc(Nc4cccc(Cl)c4)n3)c(C)n2n1. The Hall–Kier alpha value is -3.13. The highest BCUT2D eigenvalue weighted by Crippen LogP contribution is 2.22. The van der Waals surface area contributed by atoms with E-state index in [4.69, 9.17) is 11.6 Å². The summed E-state index contributed by atoms with van der Waals surface area (Å²) in [6, 6.07) is 9.13. The van der Waals surface area contributed by atoms with Crippen LogP contribution in [0.1, 0.15) is 18.4 Å². The molecule has 1 aromatic carbocycles. The van der Waals surface area contributed by atoms with Crippen molar-refractivity contribution in [3.05, 3.63) is 53.1 Å². The third-order valence-electron chi connectivity index (χ3n) is 3.83. The summed E-state index contributed by atoms with van der Waals surface area (Å²) in [5.41, 5.74) is 2.89. The van der Waals surface area contributed by atoms with Crippen LogP contribution in [0.3, 0.4) is 0 Å². The van der Waals surface area contributed by atoms with E-state index in [2.05, 4.69) is 35.6 Å². The summed E-state index contributed by atoms with van der Waals surface area (Å²) in [5.74, 6) is 1.65. The van der Waals surface area contributed by atoms with Gasteiger partial charge in [0.25, 0.3) is 5.78 Å². The topological polar surface area (TPSA) is 93.8 Å². The molecule has 0 amide bonds. The van der Waals surface area contributed by atoms with Crippen molar-refractivity contribution in [2.45, 2.75) is 20.3 Å². The molecule has 4 aromatic rings. The number of nitrogens with zero attached hydrogens (tertiary/aromatic N) is 7. The lowest BCUT2D eigenvalue weighted by Crippen LogP contribution is -2.05. The van der Waals surface area contributed by atoms with Gasteiger partial charge in [-0.1, -0.05) is 24.6 Å². The second kappa shape index (κ2) is 6.64. The lowest BCUT2D eigenvalue weighted by atomic mass is 10.2. The monoisotopic (exact) mass is 366 g/mol. The largest absolute Gasteiger partial charge is 0.324 e. The van der Waals surface area contributed by atoms with Gasteiger partial charge in [0.15, 0.2) is 5.82 Å². The summed E-state index contributed by atoms with van der Waals surface area (Å²) in [7, 11) is 0. The Morgan fingerprint density at radius 2 is 2.04 bits per heavy atom. The zero-order chi connectivity index (χ0) is 18.1. The molecule has 3 heterocycles. The number of rotatable bonds is 4. The number of hydrogen-bond donors (Lipinski definition) is 1. The average molecular weight is 367 g/mol. The van der Waals surface area contributed by atoms with Crippen LogP contribution in [0, 0.1) is 6.92 Å². The lowest BCUT2D eigenvalue weighted by molar-refractivity contribution is 0.827. The van der Waals surface area contributed by atoms with Crippen LogP contribution < -0.4 is 5.32 Å². The first kappa shape index (κ1) is 16.3. The molecule has 3 aromatic heterocycles. The van der Waals surface area contributed by atoms with Crippen LogP contribution in [0.4, 0.5) is 11.6 Å². The molecule has 0 saturated carbocycles. The van der Waals surface area contributed by atoms with Gasteiger partial charge in [-0.2, -0.15) is 9.50 Å². The average Bonchev–Trinajstić information content (AvgIpc) is 3.07. The van der Waals surface area contributed by atoms with Gasteiger partial charge in [-0.3, -0.25) is 0 Å². The van der Waals surface area contributed by atoms with E-state index in [1.54, 1.807) is 28.9 Å². The van der Waals surface area contributed by atoms with Crippen LogP contribution >= 0.6 is 11.6 Å². The Labute approximate surface area is 154 Å². The Morgan fingerprint density at radius 1 is 1.15 bits per heavy atom. The zero-order valence-electron chi connectivity index (χ0n) is 14.2. The van der Waals surface area contributed by atoms with Gasteiger partial charge in [0.1, 0.15) is 5.69 Å². The van der Waals surface area contributed by atoms with Crippen molar-refractivity contribution in [2.75, 3.05) is 5.32 Å². The molecule has 0 radical (unpaired) electrons. The summed E-state index contributed by atoms with van der Waals surface area (Å²) in [6.07, 6.45) is 2.40. The molecular weight excluding hydrogens is 352 g/mol. The van der Waals surface area contributed by atoms with Crippen LogP contribution in [0.15, 0.2) is 36.5 Å². The molecule has 9 heteroatoms. The van der Waals surface area contributed by atoms with E-state index in [0.29, 0.717) is 28.1 Å². The smallest absolute Gasteiger partial charge is 0.272 e. The van der Waals surface area contributed by atoms with Gasteiger partial charge in [-0.05, 0) is 31.2 Å². The van der Waals surface area contributed by atoms with E-state index in [1.807, 2.05) is 26.0 Å². The molecule has 0 atom stereocenters. The highest BCUT2D eigenvalue weighted by atomic mass is 35.5. The Balaban J connectivity index is 1.72. The van der Waals surface area contributed by atoms with Crippen molar-refractivity contribution >= 4 is 29.0 Å². The van der Waals surface area contributed by atoms with Crippen LogP contribution in [-0.4, -0.2) is 34.8 Å². The number of nitrogens with one attached hydrogen (secondary N) is 1. The lowest BCUT2D eigenvalue weighted by Gasteiger charge is -2.08. The first-order valence-electron chi connectivity index (χ1n) is 8.09. The van der Waals surface area contributed by atoms with E-state index < -0.39 is 0 Å². The van der Waals surface area contributed by atoms with Crippen molar-refractivity contribution < 1.29 is 0 Å². The maximum atomic E-state index is 6.01. The van der Waals surface area contributed by atoms with E-state index in [-0.39, 0.29) is 0 Å². The Morgan fingerprint density at radius 3 is 2.85 bits per heavy atom. The highest BCUT2D eigenvalue weighted by Gasteiger charge is 2.14. The number of fused-ring (bicyclic) bond motifs is 1. The molecule has 4 rings (SSSR count). The predicted octanol–water partition coefficient (Wildman–Crippen LogP) is 3.24. The van der Waals surface area contributed by atoms with Gasteiger partial charge in [0.05, 0.1) is 11.4 Å². The molecule has 0 aliphatic rings. The van der Waals surface area contributed by atoms with Crippen molar-refractivity contribution in [3.8, 4) is 11.4 Å². The third kappa shape index (κ3) is 3.06. The molecule has 0 bridgehead atoms. The molecule has 26 heavy (non-hydrogen) atoms. The second-order valence-electron chi connectivity index (χ2n) is 5.63. The van der Waals surface area contributed by atoms with Crippen molar-refractivity contribution in [3.63, 3.8) is 0 Å². The quantitative estimate of drug-likeness (QED) is 0.592. The van der Waals surface area contributed by atoms with E-state index in [0.717, 1.165) is 23.6 Å². The molecule has 130 valence electrons. The van der Waals surface area contributed by atoms with Gasteiger partial charge in [-0.25, -0.2) is 9.97 Å². The number of halogens is 1. The molecule has 8 nitrogen and oxygen atoms in total. The Bertz CT molecular complexity index is 1090. The molecule has 0 aliphatic heterocycles. The molecule has 0 aliphatic carbocycles. The van der Waals surface area contributed by atoms with Crippen molar-refractivity contribution in [1.29, 1.82) is 0 Å². The van der Waals surface area contributed by atoms with Crippen molar-refractivity contribution in [1.82, 2.24) is 34.8 Å². The fourth-order valence-electron chi connectivity index (χ4n) is 2.53. The second-order valence-corrected chi connectivity index (χ2v) is 6.06. The third-order valence-corrected chi connectivity index (χ3v) is 4.06. The number of benzene rings is 1. The minimum absolute atomic E-state index is 0.443. The minimum Gasteiger partial charge on any atom is -0.324 e. The molecule has 1 N–H and O–H groups in total. The van der Waals surface area contributed by atoms with Gasteiger partial charge in [0, 0.05) is 23.3 Å². The number of aryl methyl sites for hydroxylation is 2. The summed E-state index contributed by atoms with van der Waals surface area (Å²) in [4.78, 5) is 13.1. The molecule has 0 spiro atoms. The van der Waals surface area contributed by atoms with Gasteiger partial charge < -0.3 is 5.32 Å². The van der Waals surface area contributed by atoms with Crippen molar-refractivity contribution in [2.24, 2.45) is 0 Å². The van der Waals surface area contributed by atoms with Crippen LogP contribution in [0.2, 0.25) is 5.02 Å². The van der Waals surface area contributed by atoms with Crippen LogP contribution in [0.25, 0.3) is 17.2 Å². The summed E-state index contributed by atoms with van der Waals surface area (Å²) in [5, 5.41) is 16.6. The predicted molar refractivity (Wildman–Crippen MR) is 98.5 cm³/mol. The summed E-state index contributed by atoms with van der Waals surface area (Å²) in [6.45, 7) is 3.91. The van der Waals surface area contributed by atoms with E-state index in [1.165, 1.54) is 0 Å². The van der Waals surface area contributed by atoms with Gasteiger partial charge in [-0.15, -0.1) is 15.3 Å².